The molecule has 2 rings (SSSR count). The van der Waals surface area contributed by atoms with Crippen LogP contribution in [0.4, 0.5) is 5.82 Å². The van der Waals surface area contributed by atoms with Crippen molar-refractivity contribution in [1.82, 2.24) is 9.55 Å². The van der Waals surface area contributed by atoms with Crippen LogP contribution in [0.25, 0.3) is 0 Å². The van der Waals surface area contributed by atoms with Crippen molar-refractivity contribution >= 4 is 33.6 Å². The average Bonchev–Trinajstić information content (AvgIpc) is 2.59. The monoisotopic (exact) mass is 412 g/mol. The van der Waals surface area contributed by atoms with Crippen LogP contribution in [0.1, 0.15) is 12.5 Å². The van der Waals surface area contributed by atoms with Crippen LogP contribution in [0.3, 0.4) is 0 Å². The van der Waals surface area contributed by atoms with Crippen LogP contribution in [-0.4, -0.2) is 36.3 Å². The second-order valence-corrected chi connectivity index (χ2v) is 7.99. The first kappa shape index (κ1) is 20.9. The van der Waals surface area contributed by atoms with Crippen LogP contribution in [0.2, 0.25) is 0 Å². The van der Waals surface area contributed by atoms with E-state index < -0.39 is 21.6 Å². The van der Waals surface area contributed by atoms with Gasteiger partial charge >= 0.3 is 5.97 Å². The van der Waals surface area contributed by atoms with Crippen molar-refractivity contribution in [3.05, 3.63) is 46.2 Å². The van der Waals surface area contributed by atoms with Gasteiger partial charge < -0.3 is 15.0 Å². The van der Waals surface area contributed by atoms with E-state index in [4.69, 9.17) is 15.6 Å². The summed E-state index contributed by atoms with van der Waals surface area (Å²) in [7, 11) is -3.74. The lowest BCUT2D eigenvalue weighted by Gasteiger charge is -2.14. The topological polar surface area (TPSA) is 147 Å². The molecule has 0 fully saturated rings. The fourth-order valence-corrected chi connectivity index (χ4v) is 3.60. The van der Waals surface area contributed by atoms with Crippen LogP contribution in [0.5, 0.6) is 0 Å². The number of carbonyl (C=O) groups is 1. The maximum Gasteiger partial charge on any atom is 0.316 e. The number of ether oxygens (including phenoxy) is 1. The quantitative estimate of drug-likeness (QED) is 0.359. The summed E-state index contributed by atoms with van der Waals surface area (Å²) in [5, 5.41) is 5.39. The number of thioether (sulfide) groups is 1. The summed E-state index contributed by atoms with van der Waals surface area (Å²) >= 11 is 1.07. The molecule has 0 saturated carbocycles. The van der Waals surface area contributed by atoms with Crippen molar-refractivity contribution in [1.29, 1.82) is 0 Å². The van der Waals surface area contributed by atoms with Crippen molar-refractivity contribution in [3.63, 3.8) is 0 Å². The van der Waals surface area contributed by atoms with E-state index in [9.17, 15) is 18.0 Å². The smallest absolute Gasteiger partial charge is 0.316 e. The highest BCUT2D eigenvalue weighted by Crippen LogP contribution is 2.18. The number of nitrogens with zero attached hydrogens (tertiary/aromatic N) is 2. The molecule has 0 atom stereocenters. The molecule has 0 aliphatic heterocycles. The minimum atomic E-state index is -3.74. The van der Waals surface area contributed by atoms with Gasteiger partial charge in [0.15, 0.2) is 5.16 Å². The summed E-state index contributed by atoms with van der Waals surface area (Å²) in [6.07, 6.45) is 0.507. The number of carbonyl (C=O) groups excluding carboxylic acids is 1. The minimum absolute atomic E-state index is 0.00674. The molecule has 1 aromatic carbocycles. The lowest BCUT2D eigenvalue weighted by Crippen LogP contribution is -2.19. The predicted octanol–water partition coefficient (Wildman–Crippen LogP) is 0.371. The molecular formula is C16H20N4O5S2. The standard InChI is InChI=1S/C16H20N4O5S2/c1-2-25-15(22)10-26-16-19-14(21)9-13(17)20(16)8-7-11-3-5-12(6-4-11)27(18,23)24/h3-6,9H,2,7-8,10,17H2,1H3,(H2,18,23,24). The summed E-state index contributed by atoms with van der Waals surface area (Å²) in [6.45, 7) is 2.36. The molecule has 27 heavy (non-hydrogen) atoms. The van der Waals surface area contributed by atoms with Gasteiger partial charge in [0.25, 0.3) is 5.56 Å². The molecule has 0 saturated heterocycles. The Kier molecular flexibility index (Phi) is 6.99. The lowest BCUT2D eigenvalue weighted by atomic mass is 10.1. The molecule has 2 aromatic rings. The predicted molar refractivity (Wildman–Crippen MR) is 102 cm³/mol. The number of aromatic nitrogens is 2. The first-order chi connectivity index (χ1) is 12.7. The molecule has 4 N–H and O–H groups in total. The number of sulfonamides is 1. The SMILES string of the molecule is CCOC(=O)CSc1nc(=O)cc(N)n1CCc1ccc(S(N)(=O)=O)cc1. The number of hydrogen-bond acceptors (Lipinski definition) is 8. The molecule has 1 aromatic heterocycles. The van der Waals surface area contributed by atoms with Gasteiger partial charge in [0.1, 0.15) is 5.82 Å². The fraction of sp³-hybridized carbons (Fsp3) is 0.312. The Bertz CT molecular complexity index is 971. The van der Waals surface area contributed by atoms with Crippen molar-refractivity contribution in [2.45, 2.75) is 29.9 Å². The molecule has 0 aliphatic carbocycles. The maximum atomic E-state index is 11.6. The highest BCUT2D eigenvalue weighted by atomic mass is 32.2. The zero-order chi connectivity index (χ0) is 20.0. The summed E-state index contributed by atoms with van der Waals surface area (Å²) in [4.78, 5) is 27.1. The fourth-order valence-electron chi connectivity index (χ4n) is 2.25. The molecule has 0 unspecified atom stereocenters. The second-order valence-electron chi connectivity index (χ2n) is 5.49. The molecule has 146 valence electrons. The third kappa shape index (κ3) is 6.08. The van der Waals surface area contributed by atoms with E-state index in [0.717, 1.165) is 17.3 Å². The van der Waals surface area contributed by atoms with Crippen molar-refractivity contribution in [3.8, 4) is 0 Å². The Morgan fingerprint density at radius 3 is 2.56 bits per heavy atom. The average molecular weight is 412 g/mol. The highest BCUT2D eigenvalue weighted by Gasteiger charge is 2.12. The first-order valence-corrected chi connectivity index (χ1v) is 10.5. The number of hydrogen-bond donors (Lipinski definition) is 2. The van der Waals surface area contributed by atoms with Crippen LogP contribution in [-0.2, 0) is 32.5 Å². The highest BCUT2D eigenvalue weighted by molar-refractivity contribution is 7.99. The zero-order valence-electron chi connectivity index (χ0n) is 14.6. The van der Waals surface area contributed by atoms with Crippen LogP contribution in [0, 0.1) is 0 Å². The van der Waals surface area contributed by atoms with Crippen molar-refractivity contribution < 1.29 is 17.9 Å². The molecule has 9 nitrogen and oxygen atoms in total. The molecule has 1 heterocycles. The van der Waals surface area contributed by atoms with Gasteiger partial charge in [-0.15, -0.1) is 0 Å². The van der Waals surface area contributed by atoms with Crippen LogP contribution >= 0.6 is 11.8 Å². The maximum absolute atomic E-state index is 11.6. The van der Waals surface area contributed by atoms with Gasteiger partial charge in [-0.25, -0.2) is 13.6 Å². The van der Waals surface area contributed by atoms with Gasteiger partial charge in [-0.05, 0) is 31.0 Å². The second kappa shape index (κ2) is 9.02. The molecule has 0 bridgehead atoms. The number of nitrogens with two attached hydrogens (primary N) is 2. The van der Waals surface area contributed by atoms with Crippen LogP contribution < -0.4 is 16.4 Å². The number of nitrogen functional groups attached to an aromatic ring is 1. The number of esters is 1. The number of primary sulfonamides is 1. The Morgan fingerprint density at radius 1 is 1.30 bits per heavy atom. The van der Waals surface area contributed by atoms with E-state index in [1.165, 1.54) is 18.2 Å². The van der Waals surface area contributed by atoms with E-state index in [1.54, 1.807) is 23.6 Å². The molecule has 0 amide bonds. The number of anilines is 1. The summed E-state index contributed by atoms with van der Waals surface area (Å²) in [5.41, 5.74) is 6.29. The number of rotatable bonds is 8. The Labute approximate surface area is 160 Å². The van der Waals surface area contributed by atoms with Crippen molar-refractivity contribution in [2.24, 2.45) is 5.14 Å². The summed E-state index contributed by atoms with van der Waals surface area (Å²) in [5.74, 6) is -0.181. The third-order valence-corrected chi connectivity index (χ3v) is 5.40. The van der Waals surface area contributed by atoms with Gasteiger partial charge in [0, 0.05) is 12.6 Å². The number of benzene rings is 1. The molecule has 0 radical (unpaired) electrons. The first-order valence-electron chi connectivity index (χ1n) is 7.98. The lowest BCUT2D eigenvalue weighted by molar-refractivity contribution is -0.139. The molecule has 0 aliphatic rings. The van der Waals surface area contributed by atoms with E-state index in [1.807, 2.05) is 0 Å². The third-order valence-electron chi connectivity index (χ3n) is 3.52. The normalized spacial score (nSPS) is 11.3. The van der Waals surface area contributed by atoms with E-state index in [2.05, 4.69) is 4.98 Å². The van der Waals surface area contributed by atoms with E-state index in [0.29, 0.717) is 18.1 Å². The van der Waals surface area contributed by atoms with Gasteiger partial charge in [-0.3, -0.25) is 9.59 Å². The Morgan fingerprint density at radius 2 is 1.96 bits per heavy atom. The van der Waals surface area contributed by atoms with Crippen LogP contribution in [0.15, 0.2) is 45.2 Å². The zero-order valence-corrected chi connectivity index (χ0v) is 16.3. The van der Waals surface area contributed by atoms with Gasteiger partial charge in [-0.1, -0.05) is 23.9 Å². The molecule has 0 spiro atoms. The number of aryl methyl sites for hydroxylation is 1. The molecular weight excluding hydrogens is 392 g/mol. The van der Waals surface area contributed by atoms with Crippen molar-refractivity contribution in [2.75, 3.05) is 18.1 Å². The Hall–Kier alpha value is -2.37. The summed E-state index contributed by atoms with van der Waals surface area (Å²) in [6, 6.07) is 7.36. The summed E-state index contributed by atoms with van der Waals surface area (Å²) < 4.78 is 29.1. The largest absolute Gasteiger partial charge is 0.465 e. The van der Waals surface area contributed by atoms with Gasteiger partial charge in [0.2, 0.25) is 10.0 Å². The van der Waals surface area contributed by atoms with E-state index >= 15 is 0 Å². The minimum Gasteiger partial charge on any atom is -0.465 e. The molecule has 11 heteroatoms. The van der Waals surface area contributed by atoms with Gasteiger partial charge in [0.05, 0.1) is 17.3 Å². The Balaban J connectivity index is 2.15. The van der Waals surface area contributed by atoms with E-state index in [-0.39, 0.29) is 23.1 Å². The van der Waals surface area contributed by atoms with Gasteiger partial charge in [-0.2, -0.15) is 4.98 Å².